The number of anilines is 2. The van der Waals surface area contributed by atoms with Gasteiger partial charge in [-0.1, -0.05) is 11.8 Å². The minimum atomic E-state index is 0.336. The van der Waals surface area contributed by atoms with E-state index in [0.717, 1.165) is 36.4 Å². The first-order valence-electron chi connectivity index (χ1n) is 6.19. The van der Waals surface area contributed by atoms with Crippen molar-refractivity contribution >= 4 is 23.4 Å². The topological polar surface area (TPSA) is 59.1 Å². The molecule has 0 saturated carbocycles. The molecule has 1 aromatic heterocycles. The van der Waals surface area contributed by atoms with Crippen LogP contribution in [0.5, 0.6) is 0 Å². The lowest BCUT2D eigenvalue weighted by molar-refractivity contribution is 0.108. The molecule has 1 saturated heterocycles. The lowest BCUT2D eigenvalue weighted by Gasteiger charge is -2.15. The number of hydrogen-bond donors (Lipinski definition) is 2. The third kappa shape index (κ3) is 3.26. The van der Waals surface area contributed by atoms with Crippen molar-refractivity contribution in [2.24, 2.45) is 5.92 Å². The van der Waals surface area contributed by atoms with E-state index >= 15 is 0 Å². The summed E-state index contributed by atoms with van der Waals surface area (Å²) in [6.07, 6.45) is 3.43. The van der Waals surface area contributed by atoms with Crippen molar-refractivity contribution in [3.63, 3.8) is 0 Å². The van der Waals surface area contributed by atoms with Crippen molar-refractivity contribution in [3.8, 4) is 0 Å². The van der Waals surface area contributed by atoms with E-state index in [1.54, 1.807) is 11.8 Å². The van der Waals surface area contributed by atoms with Gasteiger partial charge in [0.25, 0.3) is 0 Å². The van der Waals surface area contributed by atoms with Crippen LogP contribution in [0.4, 0.5) is 11.6 Å². The summed E-state index contributed by atoms with van der Waals surface area (Å²) >= 11 is 1.54. The first-order valence-corrected chi connectivity index (χ1v) is 7.41. The molecule has 1 aromatic rings. The van der Waals surface area contributed by atoms with Gasteiger partial charge in [-0.15, -0.1) is 0 Å². The average Bonchev–Trinajstić information content (AvgIpc) is 2.81. The van der Waals surface area contributed by atoms with Crippen LogP contribution >= 0.6 is 11.8 Å². The standard InChI is InChI=1S/C12H20N4OS/c1-8-9(4-5-17-8)7-14-11-6-10(13-2)15-12(16-11)18-3/h6,8-9H,4-5,7H2,1-3H3,(H2,13,14,15,16). The van der Waals surface area contributed by atoms with Crippen molar-refractivity contribution in [1.29, 1.82) is 0 Å². The fraction of sp³-hybridized carbons (Fsp3) is 0.667. The molecular formula is C12H20N4OS. The Balaban J connectivity index is 1.99. The minimum Gasteiger partial charge on any atom is -0.378 e. The van der Waals surface area contributed by atoms with Gasteiger partial charge in [0.2, 0.25) is 0 Å². The second-order valence-corrected chi connectivity index (χ2v) is 5.15. The predicted octanol–water partition coefficient (Wildman–Crippen LogP) is 2.08. The molecule has 2 atom stereocenters. The van der Waals surface area contributed by atoms with Gasteiger partial charge in [-0.3, -0.25) is 0 Å². The van der Waals surface area contributed by atoms with Gasteiger partial charge < -0.3 is 15.4 Å². The second-order valence-electron chi connectivity index (χ2n) is 4.38. The molecule has 0 radical (unpaired) electrons. The fourth-order valence-corrected chi connectivity index (χ4v) is 2.39. The highest BCUT2D eigenvalue weighted by atomic mass is 32.2. The molecule has 1 fully saturated rings. The molecule has 0 aromatic carbocycles. The number of rotatable bonds is 5. The number of nitrogens with zero attached hydrogens (tertiary/aromatic N) is 2. The van der Waals surface area contributed by atoms with Gasteiger partial charge in [0, 0.05) is 32.2 Å². The Hall–Kier alpha value is -1.01. The predicted molar refractivity (Wildman–Crippen MR) is 75.4 cm³/mol. The van der Waals surface area contributed by atoms with Crippen LogP contribution in [0.2, 0.25) is 0 Å². The molecule has 0 spiro atoms. The molecule has 2 N–H and O–H groups in total. The molecule has 6 heteroatoms. The maximum Gasteiger partial charge on any atom is 0.191 e. The zero-order valence-electron chi connectivity index (χ0n) is 11.1. The lowest BCUT2D eigenvalue weighted by atomic mass is 10.0. The summed E-state index contributed by atoms with van der Waals surface area (Å²) in [5.41, 5.74) is 0. The Kier molecular flexibility index (Phi) is 4.66. The molecule has 1 aliphatic rings. The van der Waals surface area contributed by atoms with Crippen LogP contribution in [-0.4, -0.2) is 42.5 Å². The van der Waals surface area contributed by atoms with Crippen LogP contribution < -0.4 is 10.6 Å². The Morgan fingerprint density at radius 2 is 2.22 bits per heavy atom. The summed E-state index contributed by atoms with van der Waals surface area (Å²) in [5, 5.41) is 7.21. The van der Waals surface area contributed by atoms with Gasteiger partial charge >= 0.3 is 0 Å². The molecule has 2 unspecified atom stereocenters. The number of aromatic nitrogens is 2. The summed E-state index contributed by atoms with van der Waals surface area (Å²) in [6.45, 7) is 3.90. The van der Waals surface area contributed by atoms with Crippen LogP contribution in [0.1, 0.15) is 13.3 Å². The Morgan fingerprint density at radius 1 is 1.44 bits per heavy atom. The zero-order chi connectivity index (χ0) is 13.0. The van der Waals surface area contributed by atoms with E-state index in [1.165, 1.54) is 0 Å². The van der Waals surface area contributed by atoms with E-state index in [9.17, 15) is 0 Å². The summed E-state index contributed by atoms with van der Waals surface area (Å²) < 4.78 is 5.55. The van der Waals surface area contributed by atoms with Crippen LogP contribution in [0.15, 0.2) is 11.2 Å². The van der Waals surface area contributed by atoms with Crippen molar-refractivity contribution in [3.05, 3.63) is 6.07 Å². The quantitative estimate of drug-likeness (QED) is 0.630. The molecule has 2 heterocycles. The number of hydrogen-bond acceptors (Lipinski definition) is 6. The van der Waals surface area contributed by atoms with Crippen molar-refractivity contribution in [2.45, 2.75) is 24.6 Å². The third-order valence-corrected chi connectivity index (χ3v) is 3.77. The molecule has 1 aliphatic heterocycles. The highest BCUT2D eigenvalue weighted by Gasteiger charge is 2.23. The van der Waals surface area contributed by atoms with Crippen LogP contribution in [-0.2, 0) is 4.74 Å². The Morgan fingerprint density at radius 3 is 2.83 bits per heavy atom. The average molecular weight is 268 g/mol. The van der Waals surface area contributed by atoms with Gasteiger partial charge in [-0.05, 0) is 19.6 Å². The van der Waals surface area contributed by atoms with Crippen molar-refractivity contribution < 1.29 is 4.74 Å². The molecule has 0 bridgehead atoms. The first kappa shape index (κ1) is 13.4. The number of thioether (sulfide) groups is 1. The minimum absolute atomic E-state index is 0.336. The molecule has 0 aliphatic carbocycles. The van der Waals surface area contributed by atoms with E-state index in [0.29, 0.717) is 12.0 Å². The van der Waals surface area contributed by atoms with E-state index in [4.69, 9.17) is 4.74 Å². The maximum absolute atomic E-state index is 5.55. The monoisotopic (exact) mass is 268 g/mol. The SMILES string of the molecule is CNc1cc(NCC2CCOC2C)nc(SC)n1. The van der Waals surface area contributed by atoms with Crippen LogP contribution in [0.25, 0.3) is 0 Å². The van der Waals surface area contributed by atoms with E-state index in [1.807, 2.05) is 19.4 Å². The second kappa shape index (κ2) is 6.24. The molecular weight excluding hydrogens is 248 g/mol. The van der Waals surface area contributed by atoms with Gasteiger partial charge in [-0.25, -0.2) is 9.97 Å². The molecule has 18 heavy (non-hydrogen) atoms. The molecule has 2 rings (SSSR count). The van der Waals surface area contributed by atoms with Gasteiger partial charge in [0.05, 0.1) is 6.10 Å². The normalized spacial score (nSPS) is 23.1. The maximum atomic E-state index is 5.55. The highest BCUT2D eigenvalue weighted by molar-refractivity contribution is 7.98. The molecule has 5 nitrogen and oxygen atoms in total. The van der Waals surface area contributed by atoms with Gasteiger partial charge in [0.1, 0.15) is 11.6 Å². The summed E-state index contributed by atoms with van der Waals surface area (Å²) in [6, 6.07) is 1.93. The third-order valence-electron chi connectivity index (χ3n) is 3.22. The van der Waals surface area contributed by atoms with Gasteiger partial charge in [0.15, 0.2) is 5.16 Å². The van der Waals surface area contributed by atoms with Crippen molar-refractivity contribution in [1.82, 2.24) is 9.97 Å². The summed E-state index contributed by atoms with van der Waals surface area (Å²) in [4.78, 5) is 8.79. The lowest BCUT2D eigenvalue weighted by Crippen LogP contribution is -2.21. The highest BCUT2D eigenvalue weighted by Crippen LogP contribution is 2.22. The van der Waals surface area contributed by atoms with E-state index in [-0.39, 0.29) is 0 Å². The summed E-state index contributed by atoms with van der Waals surface area (Å²) in [5.74, 6) is 2.28. The smallest absolute Gasteiger partial charge is 0.191 e. The zero-order valence-corrected chi connectivity index (χ0v) is 11.9. The van der Waals surface area contributed by atoms with Gasteiger partial charge in [-0.2, -0.15) is 0 Å². The van der Waals surface area contributed by atoms with E-state index in [2.05, 4.69) is 27.5 Å². The summed E-state index contributed by atoms with van der Waals surface area (Å²) in [7, 11) is 1.86. The van der Waals surface area contributed by atoms with Crippen molar-refractivity contribution in [2.75, 3.05) is 37.1 Å². The first-order chi connectivity index (χ1) is 8.72. The molecule has 0 amide bonds. The van der Waals surface area contributed by atoms with E-state index < -0.39 is 0 Å². The Bertz CT molecular complexity index is 379. The fourth-order valence-electron chi connectivity index (χ4n) is 2.01. The van der Waals surface area contributed by atoms with Crippen LogP contribution in [0.3, 0.4) is 0 Å². The number of ether oxygens (including phenoxy) is 1. The number of nitrogens with one attached hydrogen (secondary N) is 2. The van der Waals surface area contributed by atoms with Crippen LogP contribution in [0, 0.1) is 5.92 Å². The largest absolute Gasteiger partial charge is 0.378 e. The Labute approximate surface area is 112 Å². The molecule has 100 valence electrons.